The SMILES string of the molecule is COc1cc2c(C)c(CCC(C)=O)c(=O)oc2c(C=O)c1O. The van der Waals surface area contributed by atoms with Gasteiger partial charge in [0.1, 0.15) is 11.3 Å². The molecular formula is C16H16O6. The number of fused-ring (bicyclic) bond motifs is 1. The van der Waals surface area contributed by atoms with Crippen molar-refractivity contribution in [2.75, 3.05) is 7.11 Å². The van der Waals surface area contributed by atoms with E-state index in [2.05, 4.69) is 0 Å². The lowest BCUT2D eigenvalue weighted by atomic mass is 9.99. The highest BCUT2D eigenvalue weighted by atomic mass is 16.5. The number of aromatic hydroxyl groups is 1. The number of hydrogen-bond acceptors (Lipinski definition) is 6. The van der Waals surface area contributed by atoms with E-state index in [9.17, 15) is 19.5 Å². The summed E-state index contributed by atoms with van der Waals surface area (Å²) >= 11 is 0. The molecular weight excluding hydrogens is 288 g/mol. The van der Waals surface area contributed by atoms with Crippen molar-refractivity contribution >= 4 is 23.0 Å². The number of carbonyl (C=O) groups is 2. The first-order valence-corrected chi connectivity index (χ1v) is 6.71. The van der Waals surface area contributed by atoms with Crippen LogP contribution in [0.1, 0.15) is 34.8 Å². The van der Waals surface area contributed by atoms with Gasteiger partial charge in [-0.25, -0.2) is 4.79 Å². The third-order valence-corrected chi connectivity index (χ3v) is 3.62. The fraction of sp³-hybridized carbons (Fsp3) is 0.312. The molecule has 6 nitrogen and oxygen atoms in total. The maximum absolute atomic E-state index is 12.1. The maximum atomic E-state index is 12.1. The minimum absolute atomic E-state index is 0.0161. The fourth-order valence-electron chi connectivity index (χ4n) is 2.36. The summed E-state index contributed by atoms with van der Waals surface area (Å²) in [6, 6.07) is 1.51. The van der Waals surface area contributed by atoms with E-state index in [-0.39, 0.29) is 41.3 Å². The standard InChI is InChI=1S/C16H16O6/c1-8(18)4-5-10-9(2)11-6-13(21-3)14(19)12(7-17)15(11)22-16(10)20/h6-7,19H,4-5H2,1-3H3. The summed E-state index contributed by atoms with van der Waals surface area (Å²) in [6.07, 6.45) is 0.906. The summed E-state index contributed by atoms with van der Waals surface area (Å²) in [5.41, 5.74) is 0.259. The Morgan fingerprint density at radius 2 is 2.14 bits per heavy atom. The van der Waals surface area contributed by atoms with Gasteiger partial charge in [-0.05, 0) is 31.9 Å². The van der Waals surface area contributed by atoms with Crippen molar-refractivity contribution in [2.24, 2.45) is 0 Å². The second kappa shape index (κ2) is 6.01. The van der Waals surface area contributed by atoms with Crippen LogP contribution in [0, 0.1) is 6.92 Å². The molecule has 1 aromatic carbocycles. The molecule has 1 aromatic heterocycles. The maximum Gasteiger partial charge on any atom is 0.339 e. The first-order valence-electron chi connectivity index (χ1n) is 6.71. The van der Waals surface area contributed by atoms with Crippen molar-refractivity contribution in [2.45, 2.75) is 26.7 Å². The quantitative estimate of drug-likeness (QED) is 0.672. The van der Waals surface area contributed by atoms with Crippen molar-refractivity contribution in [3.63, 3.8) is 0 Å². The lowest BCUT2D eigenvalue weighted by molar-refractivity contribution is -0.116. The van der Waals surface area contributed by atoms with Crippen LogP contribution in [0.4, 0.5) is 0 Å². The van der Waals surface area contributed by atoms with Crippen LogP contribution in [-0.2, 0) is 11.2 Å². The topological polar surface area (TPSA) is 93.8 Å². The van der Waals surface area contributed by atoms with Crippen LogP contribution in [0.2, 0.25) is 0 Å². The molecule has 22 heavy (non-hydrogen) atoms. The third-order valence-electron chi connectivity index (χ3n) is 3.62. The lowest BCUT2D eigenvalue weighted by Crippen LogP contribution is -2.12. The molecule has 2 rings (SSSR count). The second-order valence-electron chi connectivity index (χ2n) is 5.03. The zero-order valence-electron chi connectivity index (χ0n) is 12.6. The summed E-state index contributed by atoms with van der Waals surface area (Å²) in [7, 11) is 1.36. The largest absolute Gasteiger partial charge is 0.504 e. The molecule has 0 atom stereocenters. The smallest absolute Gasteiger partial charge is 0.339 e. The van der Waals surface area contributed by atoms with Crippen molar-refractivity contribution in [1.29, 1.82) is 0 Å². The number of aryl methyl sites for hydroxylation is 1. The molecule has 0 bridgehead atoms. The Kier molecular flexibility index (Phi) is 4.30. The molecule has 0 radical (unpaired) electrons. The average molecular weight is 304 g/mol. The highest BCUT2D eigenvalue weighted by Crippen LogP contribution is 2.36. The number of ketones is 1. The number of ether oxygens (including phenoxy) is 1. The number of rotatable bonds is 5. The van der Waals surface area contributed by atoms with E-state index in [1.54, 1.807) is 6.92 Å². The van der Waals surface area contributed by atoms with Gasteiger partial charge in [-0.15, -0.1) is 0 Å². The van der Waals surface area contributed by atoms with Gasteiger partial charge in [0.05, 0.1) is 7.11 Å². The van der Waals surface area contributed by atoms with E-state index in [0.717, 1.165) is 0 Å². The Morgan fingerprint density at radius 3 is 2.68 bits per heavy atom. The lowest BCUT2D eigenvalue weighted by Gasteiger charge is -2.12. The second-order valence-corrected chi connectivity index (χ2v) is 5.03. The van der Waals surface area contributed by atoms with Gasteiger partial charge < -0.3 is 19.1 Å². The molecule has 6 heteroatoms. The zero-order chi connectivity index (χ0) is 16.4. The van der Waals surface area contributed by atoms with Gasteiger partial charge in [-0.2, -0.15) is 0 Å². The van der Waals surface area contributed by atoms with Crippen molar-refractivity contribution < 1.29 is 23.8 Å². The molecule has 0 aliphatic heterocycles. The van der Waals surface area contributed by atoms with E-state index < -0.39 is 5.63 Å². The van der Waals surface area contributed by atoms with Crippen LogP contribution in [0.25, 0.3) is 11.0 Å². The number of benzene rings is 1. The molecule has 0 spiro atoms. The molecule has 1 N–H and O–H groups in total. The van der Waals surface area contributed by atoms with Crippen LogP contribution >= 0.6 is 0 Å². The van der Waals surface area contributed by atoms with Gasteiger partial charge in [0.25, 0.3) is 0 Å². The van der Waals surface area contributed by atoms with E-state index in [0.29, 0.717) is 22.8 Å². The Bertz CT molecular complexity index is 816. The van der Waals surface area contributed by atoms with Crippen molar-refractivity contribution in [3.8, 4) is 11.5 Å². The van der Waals surface area contributed by atoms with Gasteiger partial charge >= 0.3 is 5.63 Å². The third kappa shape index (κ3) is 2.59. The molecule has 2 aromatic rings. The van der Waals surface area contributed by atoms with E-state index in [1.165, 1.54) is 20.1 Å². The van der Waals surface area contributed by atoms with E-state index >= 15 is 0 Å². The number of carbonyl (C=O) groups excluding carboxylic acids is 2. The zero-order valence-corrected chi connectivity index (χ0v) is 12.6. The molecule has 0 unspecified atom stereocenters. The normalized spacial score (nSPS) is 10.7. The molecule has 0 saturated carbocycles. The molecule has 0 aliphatic carbocycles. The minimum Gasteiger partial charge on any atom is -0.504 e. The molecule has 0 fully saturated rings. The highest BCUT2D eigenvalue weighted by Gasteiger charge is 2.20. The predicted molar refractivity (Wildman–Crippen MR) is 79.8 cm³/mol. The summed E-state index contributed by atoms with van der Waals surface area (Å²) in [4.78, 5) is 34.4. The van der Waals surface area contributed by atoms with Crippen molar-refractivity contribution in [1.82, 2.24) is 0 Å². The Balaban J connectivity index is 2.79. The molecule has 0 aliphatic rings. The Labute approximate surface area is 126 Å². The summed E-state index contributed by atoms with van der Waals surface area (Å²) < 4.78 is 10.2. The Morgan fingerprint density at radius 1 is 1.45 bits per heavy atom. The molecule has 0 amide bonds. The number of phenolic OH excluding ortho intramolecular Hbond substituents is 1. The summed E-state index contributed by atoms with van der Waals surface area (Å²) in [5.74, 6) is -0.288. The van der Waals surface area contributed by atoms with Gasteiger partial charge in [-0.1, -0.05) is 0 Å². The number of aldehydes is 1. The molecule has 1 heterocycles. The van der Waals surface area contributed by atoms with Gasteiger partial charge in [0.15, 0.2) is 23.4 Å². The monoisotopic (exact) mass is 304 g/mol. The molecule has 0 saturated heterocycles. The minimum atomic E-state index is -0.612. The van der Waals surface area contributed by atoms with Crippen LogP contribution in [-0.4, -0.2) is 24.3 Å². The van der Waals surface area contributed by atoms with Gasteiger partial charge in [0, 0.05) is 17.4 Å². The average Bonchev–Trinajstić information content (AvgIpc) is 2.46. The van der Waals surface area contributed by atoms with Crippen LogP contribution in [0.5, 0.6) is 11.5 Å². The van der Waals surface area contributed by atoms with Crippen LogP contribution in [0.15, 0.2) is 15.3 Å². The number of Topliss-reactive ketones (excluding diaryl/α,β-unsaturated/α-hetero) is 1. The number of methoxy groups -OCH3 is 1. The summed E-state index contributed by atoms with van der Waals surface area (Å²) in [5, 5.41) is 10.4. The summed E-state index contributed by atoms with van der Waals surface area (Å²) in [6.45, 7) is 3.16. The van der Waals surface area contributed by atoms with E-state index in [4.69, 9.17) is 9.15 Å². The fourth-order valence-corrected chi connectivity index (χ4v) is 2.36. The first kappa shape index (κ1) is 15.8. The van der Waals surface area contributed by atoms with Gasteiger partial charge in [-0.3, -0.25) is 4.79 Å². The number of phenols is 1. The predicted octanol–water partition coefficient (Wildman–Crippen LogP) is 2.15. The van der Waals surface area contributed by atoms with Crippen LogP contribution in [0.3, 0.4) is 0 Å². The number of hydrogen-bond donors (Lipinski definition) is 1. The van der Waals surface area contributed by atoms with Gasteiger partial charge in [0.2, 0.25) is 0 Å². The van der Waals surface area contributed by atoms with Crippen molar-refractivity contribution in [3.05, 3.63) is 33.2 Å². The van der Waals surface area contributed by atoms with Crippen LogP contribution < -0.4 is 10.4 Å². The first-order chi connectivity index (χ1) is 10.4. The molecule has 116 valence electrons. The highest BCUT2D eigenvalue weighted by molar-refractivity contribution is 6.00. The Hall–Kier alpha value is -2.63. The van der Waals surface area contributed by atoms with E-state index in [1.807, 2.05) is 0 Å².